The van der Waals surface area contributed by atoms with E-state index in [9.17, 15) is 4.79 Å². The van der Waals surface area contributed by atoms with Gasteiger partial charge < -0.3 is 14.1 Å². The Balaban J connectivity index is 1.64. The molecule has 0 unspecified atom stereocenters. The van der Waals surface area contributed by atoms with Gasteiger partial charge >= 0.3 is 0 Å². The van der Waals surface area contributed by atoms with E-state index in [4.69, 9.17) is 9.15 Å². The number of allylic oxidation sites excluding steroid dienone is 1. The summed E-state index contributed by atoms with van der Waals surface area (Å²) < 4.78 is 11.6. The third kappa shape index (κ3) is 3.48. The van der Waals surface area contributed by atoms with Crippen molar-refractivity contribution < 1.29 is 13.9 Å². The minimum Gasteiger partial charge on any atom is -0.496 e. The van der Waals surface area contributed by atoms with E-state index < -0.39 is 0 Å². The predicted octanol–water partition coefficient (Wildman–Crippen LogP) is 6.29. The molecule has 2 heterocycles. The van der Waals surface area contributed by atoms with Crippen LogP contribution in [0.1, 0.15) is 25.3 Å². The van der Waals surface area contributed by atoms with E-state index in [1.807, 2.05) is 30.2 Å². The summed E-state index contributed by atoms with van der Waals surface area (Å²) in [5.74, 6) is 0.771. The summed E-state index contributed by atoms with van der Waals surface area (Å²) in [6, 6.07) is 18.7. The number of hydrogen-bond acceptors (Lipinski definition) is 3. The van der Waals surface area contributed by atoms with Crippen molar-refractivity contribution in [2.45, 2.75) is 19.8 Å². The molecule has 1 saturated heterocycles. The number of carbonyl (C=O) groups excluding carboxylic acids is 1. The zero-order chi connectivity index (χ0) is 21.4. The molecule has 3 aromatic carbocycles. The first-order chi connectivity index (χ1) is 15.2. The van der Waals surface area contributed by atoms with Crippen molar-refractivity contribution in [3.8, 4) is 16.9 Å². The van der Waals surface area contributed by atoms with Gasteiger partial charge in [-0.15, -0.1) is 0 Å². The molecule has 4 heteroatoms. The van der Waals surface area contributed by atoms with Crippen LogP contribution in [-0.2, 0) is 4.79 Å². The van der Waals surface area contributed by atoms with Gasteiger partial charge in [0.1, 0.15) is 11.3 Å². The lowest BCUT2D eigenvalue weighted by molar-refractivity contribution is -0.124. The molecule has 1 aliphatic rings. The van der Waals surface area contributed by atoms with Gasteiger partial charge in [-0.2, -0.15) is 0 Å². The van der Waals surface area contributed by atoms with Crippen molar-refractivity contribution in [3.63, 3.8) is 0 Å². The number of nitrogens with zero attached hydrogens (tertiary/aromatic N) is 1. The molecule has 0 atom stereocenters. The lowest BCUT2D eigenvalue weighted by atomic mass is 9.96. The number of rotatable bonds is 4. The molecule has 1 aromatic heterocycles. The largest absolute Gasteiger partial charge is 0.496 e. The Bertz CT molecular complexity index is 1300. The average Bonchev–Trinajstić information content (AvgIpc) is 3.48. The first kappa shape index (κ1) is 19.4. The molecule has 1 aliphatic heterocycles. The second-order valence-electron chi connectivity index (χ2n) is 8.08. The Hall–Kier alpha value is -3.53. The van der Waals surface area contributed by atoms with E-state index in [0.29, 0.717) is 5.75 Å². The third-order valence-electron chi connectivity index (χ3n) is 6.16. The Morgan fingerprint density at radius 1 is 1.00 bits per heavy atom. The fourth-order valence-electron chi connectivity index (χ4n) is 4.49. The smallest absolute Gasteiger partial charge is 0.246 e. The number of likely N-dealkylation sites (tertiary alicyclic amines) is 1. The van der Waals surface area contributed by atoms with Crippen molar-refractivity contribution in [2.24, 2.45) is 0 Å². The topological polar surface area (TPSA) is 42.7 Å². The zero-order valence-electron chi connectivity index (χ0n) is 17.9. The van der Waals surface area contributed by atoms with Gasteiger partial charge in [-0.25, -0.2) is 0 Å². The highest BCUT2D eigenvalue weighted by atomic mass is 16.5. The van der Waals surface area contributed by atoms with E-state index in [2.05, 4.69) is 42.5 Å². The minimum atomic E-state index is 0.0682. The molecule has 1 fully saturated rings. The molecular formula is C27H25NO3. The number of ether oxygens (including phenoxy) is 1. The molecule has 0 saturated carbocycles. The standard InChI is InChI=1S/C27H25NO3/c1-18(14-27(29)28-12-5-6-13-28)22-15-23-24(17-31-26(23)16-25(22)30-2)21-11-7-9-19-8-3-4-10-20(19)21/h3-4,7-11,14-17H,5-6,12-13H2,1-2H3/b18-14+. The summed E-state index contributed by atoms with van der Waals surface area (Å²) >= 11 is 0. The number of fused-ring (bicyclic) bond motifs is 2. The lowest BCUT2D eigenvalue weighted by Gasteiger charge is -2.14. The van der Waals surface area contributed by atoms with Crippen molar-refractivity contribution in [2.75, 3.05) is 20.2 Å². The van der Waals surface area contributed by atoms with Gasteiger partial charge in [-0.05, 0) is 47.7 Å². The molecule has 0 spiro atoms. The van der Waals surface area contributed by atoms with Crippen LogP contribution >= 0.6 is 0 Å². The quantitative estimate of drug-likeness (QED) is 0.371. The van der Waals surface area contributed by atoms with Gasteiger partial charge in [0, 0.05) is 41.7 Å². The van der Waals surface area contributed by atoms with E-state index in [0.717, 1.165) is 59.2 Å². The predicted molar refractivity (Wildman–Crippen MR) is 125 cm³/mol. The molecule has 0 bridgehead atoms. The number of hydrogen-bond donors (Lipinski definition) is 0. The Morgan fingerprint density at radius 2 is 1.77 bits per heavy atom. The van der Waals surface area contributed by atoms with Crippen LogP contribution in [0.3, 0.4) is 0 Å². The molecule has 1 amide bonds. The summed E-state index contributed by atoms with van der Waals surface area (Å²) in [5, 5.41) is 3.38. The molecule has 156 valence electrons. The van der Waals surface area contributed by atoms with E-state index in [1.54, 1.807) is 13.2 Å². The molecule has 4 aromatic rings. The molecule has 5 rings (SSSR count). The van der Waals surface area contributed by atoms with E-state index in [1.165, 1.54) is 10.8 Å². The Morgan fingerprint density at radius 3 is 2.58 bits per heavy atom. The number of methoxy groups -OCH3 is 1. The second-order valence-corrected chi connectivity index (χ2v) is 8.08. The monoisotopic (exact) mass is 411 g/mol. The molecule has 4 nitrogen and oxygen atoms in total. The van der Waals surface area contributed by atoms with Crippen LogP contribution in [0.5, 0.6) is 5.75 Å². The summed E-state index contributed by atoms with van der Waals surface area (Å²) in [4.78, 5) is 14.6. The maximum atomic E-state index is 12.7. The first-order valence-corrected chi connectivity index (χ1v) is 10.7. The van der Waals surface area contributed by atoms with Crippen molar-refractivity contribution >= 4 is 33.2 Å². The highest BCUT2D eigenvalue weighted by Gasteiger charge is 2.19. The van der Waals surface area contributed by atoms with Gasteiger partial charge in [0.2, 0.25) is 5.91 Å². The fourth-order valence-corrected chi connectivity index (χ4v) is 4.49. The van der Waals surface area contributed by atoms with Crippen LogP contribution in [0.25, 0.3) is 38.4 Å². The molecule has 0 aliphatic carbocycles. The van der Waals surface area contributed by atoms with Crippen LogP contribution in [0.2, 0.25) is 0 Å². The Kier molecular flexibility index (Phi) is 4.99. The Labute approximate surface area is 181 Å². The van der Waals surface area contributed by atoms with E-state index >= 15 is 0 Å². The SMILES string of the molecule is COc1cc2occ(-c3cccc4ccccc34)c2cc1/C(C)=C/C(=O)N1CCCC1. The highest BCUT2D eigenvalue weighted by molar-refractivity contribution is 6.06. The summed E-state index contributed by atoms with van der Waals surface area (Å²) in [6.45, 7) is 3.65. The fraction of sp³-hybridized carbons (Fsp3) is 0.222. The highest BCUT2D eigenvalue weighted by Crippen LogP contribution is 2.39. The normalized spacial score (nSPS) is 14.5. The van der Waals surface area contributed by atoms with Gasteiger partial charge in [0.25, 0.3) is 0 Å². The van der Waals surface area contributed by atoms with Crippen LogP contribution < -0.4 is 4.74 Å². The van der Waals surface area contributed by atoms with Crippen LogP contribution in [0.4, 0.5) is 0 Å². The molecule has 31 heavy (non-hydrogen) atoms. The van der Waals surface area contributed by atoms with Crippen LogP contribution in [0, 0.1) is 0 Å². The zero-order valence-corrected chi connectivity index (χ0v) is 17.9. The number of furan rings is 1. The van der Waals surface area contributed by atoms with Crippen LogP contribution in [-0.4, -0.2) is 31.0 Å². The van der Waals surface area contributed by atoms with Crippen molar-refractivity contribution in [3.05, 3.63) is 72.5 Å². The number of benzene rings is 3. The number of amides is 1. The van der Waals surface area contributed by atoms with E-state index in [-0.39, 0.29) is 5.91 Å². The molecular weight excluding hydrogens is 386 g/mol. The average molecular weight is 412 g/mol. The van der Waals surface area contributed by atoms with Gasteiger partial charge in [0.15, 0.2) is 0 Å². The van der Waals surface area contributed by atoms with Crippen molar-refractivity contribution in [1.29, 1.82) is 0 Å². The lowest BCUT2D eigenvalue weighted by Crippen LogP contribution is -2.25. The van der Waals surface area contributed by atoms with Crippen molar-refractivity contribution in [1.82, 2.24) is 4.90 Å². The maximum Gasteiger partial charge on any atom is 0.246 e. The maximum absolute atomic E-state index is 12.7. The molecule has 0 N–H and O–H groups in total. The third-order valence-corrected chi connectivity index (χ3v) is 6.16. The number of carbonyl (C=O) groups is 1. The summed E-state index contributed by atoms with van der Waals surface area (Å²) in [5.41, 5.74) is 4.73. The minimum absolute atomic E-state index is 0.0682. The van der Waals surface area contributed by atoms with Gasteiger partial charge in [-0.1, -0.05) is 42.5 Å². The van der Waals surface area contributed by atoms with Gasteiger partial charge in [0.05, 0.1) is 13.4 Å². The second kappa shape index (κ2) is 7.95. The summed E-state index contributed by atoms with van der Waals surface area (Å²) in [6.07, 6.45) is 5.70. The van der Waals surface area contributed by atoms with Crippen LogP contribution in [0.15, 0.2) is 71.4 Å². The molecule has 0 radical (unpaired) electrons. The van der Waals surface area contributed by atoms with Gasteiger partial charge in [-0.3, -0.25) is 4.79 Å². The first-order valence-electron chi connectivity index (χ1n) is 10.7. The summed E-state index contributed by atoms with van der Waals surface area (Å²) in [7, 11) is 1.65.